The van der Waals surface area contributed by atoms with Gasteiger partial charge >= 0.3 is 0 Å². The minimum atomic E-state index is -0.352. The fourth-order valence-corrected chi connectivity index (χ4v) is 2.25. The fraction of sp³-hybridized carbons (Fsp3) is 0.0526. The molecule has 7 heteroatoms. The number of nitrogens with zero attached hydrogens (tertiary/aromatic N) is 1. The summed E-state index contributed by atoms with van der Waals surface area (Å²) in [5.41, 5.74) is 2.00. The number of carbonyl (C=O) groups excluding carboxylic acids is 2. The first-order valence-electron chi connectivity index (χ1n) is 7.89. The second-order valence-corrected chi connectivity index (χ2v) is 5.52. The summed E-state index contributed by atoms with van der Waals surface area (Å²) in [7, 11) is 0. The molecule has 0 aliphatic rings. The van der Waals surface area contributed by atoms with Crippen molar-refractivity contribution >= 4 is 17.5 Å². The van der Waals surface area contributed by atoms with E-state index in [-0.39, 0.29) is 17.4 Å². The topological polar surface area (TPSA) is 104 Å². The van der Waals surface area contributed by atoms with Gasteiger partial charge in [0.25, 0.3) is 11.8 Å². The zero-order chi connectivity index (χ0) is 18.4. The number of pyridine rings is 2. The summed E-state index contributed by atoms with van der Waals surface area (Å²) in [5.74, 6) is -0.567. The van der Waals surface area contributed by atoms with E-state index in [9.17, 15) is 14.4 Å². The molecular weight excluding hydrogens is 332 g/mol. The number of aromatic nitrogens is 2. The van der Waals surface area contributed by atoms with Crippen LogP contribution in [0, 0.1) is 0 Å². The number of amides is 2. The lowest BCUT2D eigenvalue weighted by Crippen LogP contribution is -2.22. The third-order valence-electron chi connectivity index (χ3n) is 3.63. The van der Waals surface area contributed by atoms with Gasteiger partial charge in [0.1, 0.15) is 0 Å². The van der Waals surface area contributed by atoms with E-state index in [0.29, 0.717) is 23.4 Å². The highest BCUT2D eigenvalue weighted by Crippen LogP contribution is 2.11. The van der Waals surface area contributed by atoms with Crippen molar-refractivity contribution in [2.24, 2.45) is 0 Å². The Morgan fingerprint density at radius 3 is 2.38 bits per heavy atom. The number of nitrogens with one attached hydrogen (secondary N) is 3. The molecule has 3 N–H and O–H groups in total. The Balaban J connectivity index is 1.59. The summed E-state index contributed by atoms with van der Waals surface area (Å²) in [6.07, 6.45) is 4.71. The SMILES string of the molecule is O=C(NCc1cccnc1)c1ccc(NC(=O)c2ccc(=O)[nH]c2)cc1. The van der Waals surface area contributed by atoms with Gasteiger partial charge in [-0.05, 0) is 42.0 Å². The van der Waals surface area contributed by atoms with Crippen molar-refractivity contribution in [1.82, 2.24) is 15.3 Å². The smallest absolute Gasteiger partial charge is 0.257 e. The number of aromatic amines is 1. The van der Waals surface area contributed by atoms with Crippen LogP contribution < -0.4 is 16.2 Å². The minimum absolute atomic E-state index is 0.215. The number of hydrogen-bond donors (Lipinski definition) is 3. The van der Waals surface area contributed by atoms with E-state index in [2.05, 4.69) is 20.6 Å². The lowest BCUT2D eigenvalue weighted by molar-refractivity contribution is 0.0950. The van der Waals surface area contributed by atoms with Crippen molar-refractivity contribution in [2.45, 2.75) is 6.54 Å². The van der Waals surface area contributed by atoms with Gasteiger partial charge in [-0.3, -0.25) is 19.4 Å². The van der Waals surface area contributed by atoms with E-state index < -0.39 is 0 Å². The molecule has 7 nitrogen and oxygen atoms in total. The van der Waals surface area contributed by atoms with Gasteiger partial charge in [-0.1, -0.05) is 6.07 Å². The molecule has 0 bridgehead atoms. The Bertz CT molecular complexity index is 946. The summed E-state index contributed by atoms with van der Waals surface area (Å²) in [6.45, 7) is 0.386. The third-order valence-corrected chi connectivity index (χ3v) is 3.63. The maximum absolute atomic E-state index is 12.2. The maximum Gasteiger partial charge on any atom is 0.257 e. The molecule has 0 atom stereocenters. The van der Waals surface area contributed by atoms with Gasteiger partial charge in [-0.2, -0.15) is 0 Å². The Hall–Kier alpha value is -3.74. The minimum Gasteiger partial charge on any atom is -0.348 e. The molecule has 0 unspecified atom stereocenters. The standard InChI is InChI=1S/C19H16N4O3/c24-17-8-5-15(12-21-17)19(26)23-16-6-3-14(4-7-16)18(25)22-11-13-2-1-9-20-10-13/h1-10,12H,11H2,(H,21,24)(H,22,25)(H,23,26). The van der Waals surface area contributed by atoms with E-state index in [1.807, 2.05) is 6.07 Å². The van der Waals surface area contributed by atoms with Gasteiger partial charge in [0.05, 0.1) is 5.56 Å². The molecule has 2 aromatic heterocycles. The monoisotopic (exact) mass is 348 g/mol. The highest BCUT2D eigenvalue weighted by Gasteiger charge is 2.08. The van der Waals surface area contributed by atoms with Crippen molar-refractivity contribution < 1.29 is 9.59 Å². The molecule has 3 rings (SSSR count). The van der Waals surface area contributed by atoms with E-state index in [1.54, 1.807) is 42.7 Å². The highest BCUT2D eigenvalue weighted by molar-refractivity contribution is 6.04. The van der Waals surface area contributed by atoms with Crippen molar-refractivity contribution in [3.05, 3.63) is 94.2 Å². The van der Waals surface area contributed by atoms with Crippen LogP contribution in [0.4, 0.5) is 5.69 Å². The molecule has 0 saturated heterocycles. The van der Waals surface area contributed by atoms with Crippen molar-refractivity contribution in [2.75, 3.05) is 5.32 Å². The van der Waals surface area contributed by atoms with Crippen LogP contribution in [-0.4, -0.2) is 21.8 Å². The van der Waals surface area contributed by atoms with E-state index in [0.717, 1.165) is 5.56 Å². The Morgan fingerprint density at radius 1 is 0.962 bits per heavy atom. The molecule has 26 heavy (non-hydrogen) atoms. The number of hydrogen-bond acceptors (Lipinski definition) is 4. The third kappa shape index (κ3) is 4.41. The van der Waals surface area contributed by atoms with Gasteiger partial charge < -0.3 is 15.6 Å². The first-order chi connectivity index (χ1) is 12.6. The lowest BCUT2D eigenvalue weighted by Gasteiger charge is -2.07. The summed E-state index contributed by atoms with van der Waals surface area (Å²) in [6, 6.07) is 12.9. The number of H-pyrrole nitrogens is 1. The summed E-state index contributed by atoms with van der Waals surface area (Å²) in [4.78, 5) is 41.7. The molecule has 0 aliphatic carbocycles. The summed E-state index contributed by atoms with van der Waals surface area (Å²) >= 11 is 0. The van der Waals surface area contributed by atoms with Crippen LogP contribution in [-0.2, 0) is 6.54 Å². The zero-order valence-corrected chi connectivity index (χ0v) is 13.7. The largest absolute Gasteiger partial charge is 0.348 e. The Labute approximate surface area is 149 Å². The summed E-state index contributed by atoms with van der Waals surface area (Å²) < 4.78 is 0. The first kappa shape index (κ1) is 17.1. The van der Waals surface area contributed by atoms with Gasteiger partial charge in [0, 0.05) is 42.5 Å². The van der Waals surface area contributed by atoms with Crippen molar-refractivity contribution in [1.29, 1.82) is 0 Å². The molecule has 3 aromatic rings. The molecule has 130 valence electrons. The molecule has 0 fully saturated rings. The first-order valence-corrected chi connectivity index (χ1v) is 7.89. The second kappa shape index (κ2) is 7.89. The molecule has 2 amide bonds. The maximum atomic E-state index is 12.2. The molecule has 1 aromatic carbocycles. The summed E-state index contributed by atoms with van der Waals surface area (Å²) in [5, 5.41) is 5.51. The predicted molar refractivity (Wildman–Crippen MR) is 96.9 cm³/mol. The quantitative estimate of drug-likeness (QED) is 0.655. The zero-order valence-electron chi connectivity index (χ0n) is 13.7. The number of rotatable bonds is 5. The van der Waals surface area contributed by atoms with Crippen LogP contribution in [0.25, 0.3) is 0 Å². The van der Waals surface area contributed by atoms with Crippen LogP contribution >= 0.6 is 0 Å². The number of benzene rings is 1. The Kier molecular flexibility index (Phi) is 5.19. The average Bonchev–Trinajstić information content (AvgIpc) is 2.68. The van der Waals surface area contributed by atoms with E-state index in [4.69, 9.17) is 0 Å². The van der Waals surface area contributed by atoms with Crippen LogP contribution in [0.15, 0.2) is 71.9 Å². The fourth-order valence-electron chi connectivity index (χ4n) is 2.25. The van der Waals surface area contributed by atoms with E-state index in [1.165, 1.54) is 18.3 Å². The molecule has 0 spiro atoms. The lowest BCUT2D eigenvalue weighted by atomic mass is 10.1. The average molecular weight is 348 g/mol. The second-order valence-electron chi connectivity index (χ2n) is 5.52. The molecule has 0 radical (unpaired) electrons. The van der Waals surface area contributed by atoms with Crippen molar-refractivity contribution in [3.63, 3.8) is 0 Å². The van der Waals surface area contributed by atoms with Gasteiger partial charge in [0.2, 0.25) is 5.56 Å². The molecule has 0 aliphatic heterocycles. The normalized spacial score (nSPS) is 10.2. The van der Waals surface area contributed by atoms with Gasteiger partial charge in [-0.25, -0.2) is 0 Å². The van der Waals surface area contributed by atoms with Gasteiger partial charge in [-0.15, -0.1) is 0 Å². The van der Waals surface area contributed by atoms with Crippen LogP contribution in [0.2, 0.25) is 0 Å². The van der Waals surface area contributed by atoms with Crippen molar-refractivity contribution in [3.8, 4) is 0 Å². The molecule has 0 saturated carbocycles. The van der Waals surface area contributed by atoms with Crippen LogP contribution in [0.1, 0.15) is 26.3 Å². The van der Waals surface area contributed by atoms with E-state index >= 15 is 0 Å². The highest BCUT2D eigenvalue weighted by atomic mass is 16.2. The number of anilines is 1. The molecule has 2 heterocycles. The Morgan fingerprint density at radius 2 is 1.73 bits per heavy atom. The van der Waals surface area contributed by atoms with Crippen LogP contribution in [0.5, 0.6) is 0 Å². The van der Waals surface area contributed by atoms with Gasteiger partial charge in [0.15, 0.2) is 0 Å². The predicted octanol–water partition coefficient (Wildman–Crippen LogP) is 1.95. The van der Waals surface area contributed by atoms with Crippen LogP contribution in [0.3, 0.4) is 0 Å². The molecular formula is C19H16N4O3. The number of carbonyl (C=O) groups is 2.